The standard InChI is InChI=1S/C18H29N3O2/c1-3-20(4-2)12-13-23-17-9-7-15(8-10-17)18(22)21-11-5-6-16(19)14-21/h7-10,16H,3-6,11-14,19H2,1-2H3. The van der Waals surface area contributed by atoms with Crippen molar-refractivity contribution in [1.29, 1.82) is 0 Å². The summed E-state index contributed by atoms with van der Waals surface area (Å²) in [6.45, 7) is 9.40. The molecule has 1 saturated heterocycles. The predicted molar refractivity (Wildman–Crippen MR) is 92.8 cm³/mol. The minimum absolute atomic E-state index is 0.0647. The molecular weight excluding hydrogens is 290 g/mol. The molecule has 1 aromatic carbocycles. The van der Waals surface area contributed by atoms with Crippen LogP contribution in [0.5, 0.6) is 5.75 Å². The molecule has 0 bridgehead atoms. The molecule has 23 heavy (non-hydrogen) atoms. The van der Waals surface area contributed by atoms with Crippen LogP contribution in [0, 0.1) is 0 Å². The lowest BCUT2D eigenvalue weighted by atomic mass is 10.1. The highest BCUT2D eigenvalue weighted by atomic mass is 16.5. The second-order valence-corrected chi connectivity index (χ2v) is 6.05. The van der Waals surface area contributed by atoms with Crippen LogP contribution in [-0.2, 0) is 0 Å². The molecule has 1 amide bonds. The molecule has 1 unspecified atom stereocenters. The Morgan fingerprint density at radius 1 is 1.30 bits per heavy atom. The quantitative estimate of drug-likeness (QED) is 0.835. The molecule has 1 heterocycles. The molecule has 5 nitrogen and oxygen atoms in total. The van der Waals surface area contributed by atoms with E-state index in [1.54, 1.807) is 0 Å². The highest BCUT2D eigenvalue weighted by molar-refractivity contribution is 5.94. The summed E-state index contributed by atoms with van der Waals surface area (Å²) in [6, 6.07) is 7.54. The molecule has 5 heteroatoms. The number of rotatable bonds is 7. The van der Waals surface area contributed by atoms with Gasteiger partial charge < -0.3 is 20.3 Å². The Balaban J connectivity index is 1.85. The van der Waals surface area contributed by atoms with Gasteiger partial charge in [-0.3, -0.25) is 4.79 Å². The van der Waals surface area contributed by atoms with Crippen LogP contribution in [-0.4, -0.2) is 61.1 Å². The van der Waals surface area contributed by atoms with Crippen molar-refractivity contribution in [2.45, 2.75) is 32.7 Å². The number of likely N-dealkylation sites (tertiary alicyclic amines) is 1. The lowest BCUT2D eigenvalue weighted by Gasteiger charge is -2.30. The maximum atomic E-state index is 12.5. The summed E-state index contributed by atoms with van der Waals surface area (Å²) in [6.07, 6.45) is 1.99. The Labute approximate surface area is 139 Å². The fourth-order valence-corrected chi connectivity index (χ4v) is 2.90. The predicted octanol–water partition coefficient (Wildman–Crippen LogP) is 1.97. The van der Waals surface area contributed by atoms with Crippen LogP contribution in [0.15, 0.2) is 24.3 Å². The van der Waals surface area contributed by atoms with Gasteiger partial charge in [-0.2, -0.15) is 0 Å². The molecule has 2 N–H and O–H groups in total. The fourth-order valence-electron chi connectivity index (χ4n) is 2.90. The van der Waals surface area contributed by atoms with Crippen molar-refractivity contribution >= 4 is 5.91 Å². The van der Waals surface area contributed by atoms with E-state index in [9.17, 15) is 4.79 Å². The number of ether oxygens (including phenoxy) is 1. The van der Waals surface area contributed by atoms with Gasteiger partial charge in [-0.05, 0) is 50.2 Å². The van der Waals surface area contributed by atoms with Crippen LogP contribution >= 0.6 is 0 Å². The third-order valence-corrected chi connectivity index (χ3v) is 4.42. The Morgan fingerprint density at radius 2 is 2.00 bits per heavy atom. The molecule has 2 rings (SSSR count). The van der Waals surface area contributed by atoms with Crippen LogP contribution < -0.4 is 10.5 Å². The Bertz CT molecular complexity index is 486. The van der Waals surface area contributed by atoms with Gasteiger partial charge in [-0.1, -0.05) is 13.8 Å². The molecule has 1 atom stereocenters. The molecule has 0 saturated carbocycles. The van der Waals surface area contributed by atoms with E-state index in [-0.39, 0.29) is 11.9 Å². The van der Waals surface area contributed by atoms with E-state index < -0.39 is 0 Å². The first kappa shape index (κ1) is 17.8. The van der Waals surface area contributed by atoms with Gasteiger partial charge in [0.2, 0.25) is 0 Å². The Kier molecular flexibility index (Phi) is 6.86. The lowest BCUT2D eigenvalue weighted by Crippen LogP contribution is -2.45. The van der Waals surface area contributed by atoms with E-state index in [0.717, 1.165) is 44.8 Å². The van der Waals surface area contributed by atoms with Crippen molar-refractivity contribution in [1.82, 2.24) is 9.80 Å². The first-order chi connectivity index (χ1) is 11.1. The van der Waals surface area contributed by atoms with E-state index in [1.807, 2.05) is 29.2 Å². The third kappa shape index (κ3) is 5.22. The first-order valence-corrected chi connectivity index (χ1v) is 8.64. The van der Waals surface area contributed by atoms with E-state index in [4.69, 9.17) is 10.5 Å². The van der Waals surface area contributed by atoms with Crippen LogP contribution in [0.1, 0.15) is 37.0 Å². The topological polar surface area (TPSA) is 58.8 Å². The van der Waals surface area contributed by atoms with Gasteiger partial charge in [-0.15, -0.1) is 0 Å². The molecule has 1 aliphatic heterocycles. The summed E-state index contributed by atoms with van der Waals surface area (Å²) in [5.41, 5.74) is 6.65. The number of nitrogens with two attached hydrogens (primary N) is 1. The molecule has 0 aliphatic carbocycles. The number of carbonyl (C=O) groups excluding carboxylic acids is 1. The van der Waals surface area contributed by atoms with E-state index in [0.29, 0.717) is 18.7 Å². The number of carbonyl (C=O) groups is 1. The van der Waals surface area contributed by atoms with Gasteiger partial charge in [0.05, 0.1) is 0 Å². The van der Waals surface area contributed by atoms with Gasteiger partial charge in [0.15, 0.2) is 0 Å². The zero-order valence-corrected chi connectivity index (χ0v) is 14.3. The number of hydrogen-bond acceptors (Lipinski definition) is 4. The van der Waals surface area contributed by atoms with Gasteiger partial charge in [0, 0.05) is 31.2 Å². The number of amides is 1. The highest BCUT2D eigenvalue weighted by Crippen LogP contribution is 2.16. The summed E-state index contributed by atoms with van der Waals surface area (Å²) < 4.78 is 5.75. The molecule has 0 aromatic heterocycles. The van der Waals surface area contributed by atoms with Gasteiger partial charge in [0.25, 0.3) is 5.91 Å². The van der Waals surface area contributed by atoms with Gasteiger partial charge in [-0.25, -0.2) is 0 Å². The first-order valence-electron chi connectivity index (χ1n) is 8.64. The minimum Gasteiger partial charge on any atom is -0.492 e. The Morgan fingerprint density at radius 3 is 2.61 bits per heavy atom. The molecule has 0 spiro atoms. The molecule has 1 aliphatic rings. The van der Waals surface area contributed by atoms with Crippen LogP contribution in [0.3, 0.4) is 0 Å². The second-order valence-electron chi connectivity index (χ2n) is 6.05. The summed E-state index contributed by atoms with van der Waals surface area (Å²) >= 11 is 0. The van der Waals surface area contributed by atoms with Gasteiger partial charge in [0.1, 0.15) is 12.4 Å². The number of likely N-dealkylation sites (N-methyl/N-ethyl adjacent to an activating group) is 1. The second kappa shape index (κ2) is 8.89. The van der Waals surface area contributed by atoms with Gasteiger partial charge >= 0.3 is 0 Å². The zero-order valence-electron chi connectivity index (χ0n) is 14.3. The van der Waals surface area contributed by atoms with E-state index in [1.165, 1.54) is 0 Å². The van der Waals surface area contributed by atoms with E-state index >= 15 is 0 Å². The van der Waals surface area contributed by atoms with Crippen molar-refractivity contribution in [3.8, 4) is 5.75 Å². The largest absolute Gasteiger partial charge is 0.492 e. The minimum atomic E-state index is 0.0647. The van der Waals surface area contributed by atoms with Crippen LogP contribution in [0.4, 0.5) is 0 Å². The number of piperidine rings is 1. The average Bonchev–Trinajstić information content (AvgIpc) is 2.59. The van der Waals surface area contributed by atoms with Crippen LogP contribution in [0.2, 0.25) is 0 Å². The molecule has 128 valence electrons. The number of nitrogens with zero attached hydrogens (tertiary/aromatic N) is 2. The highest BCUT2D eigenvalue weighted by Gasteiger charge is 2.22. The fraction of sp³-hybridized carbons (Fsp3) is 0.611. The molecule has 1 fully saturated rings. The van der Waals surface area contributed by atoms with Crippen molar-refractivity contribution in [2.75, 3.05) is 39.3 Å². The van der Waals surface area contributed by atoms with Crippen molar-refractivity contribution in [3.63, 3.8) is 0 Å². The monoisotopic (exact) mass is 319 g/mol. The normalized spacial score (nSPS) is 18.3. The maximum absolute atomic E-state index is 12.5. The SMILES string of the molecule is CCN(CC)CCOc1ccc(C(=O)N2CCCC(N)C2)cc1. The zero-order chi connectivity index (χ0) is 16.7. The van der Waals surface area contributed by atoms with Crippen molar-refractivity contribution in [3.05, 3.63) is 29.8 Å². The molecule has 0 radical (unpaired) electrons. The maximum Gasteiger partial charge on any atom is 0.253 e. The van der Waals surface area contributed by atoms with Crippen molar-refractivity contribution < 1.29 is 9.53 Å². The average molecular weight is 319 g/mol. The molecule has 1 aromatic rings. The number of hydrogen-bond donors (Lipinski definition) is 1. The summed E-state index contributed by atoms with van der Waals surface area (Å²) in [5.74, 6) is 0.874. The third-order valence-electron chi connectivity index (χ3n) is 4.42. The number of benzene rings is 1. The van der Waals surface area contributed by atoms with Crippen LogP contribution in [0.25, 0.3) is 0 Å². The van der Waals surface area contributed by atoms with Crippen molar-refractivity contribution in [2.24, 2.45) is 5.73 Å². The summed E-state index contributed by atoms with van der Waals surface area (Å²) in [5, 5.41) is 0. The van der Waals surface area contributed by atoms with E-state index in [2.05, 4.69) is 18.7 Å². The molecular formula is C18H29N3O2. The Hall–Kier alpha value is -1.59. The summed E-state index contributed by atoms with van der Waals surface area (Å²) in [7, 11) is 0. The smallest absolute Gasteiger partial charge is 0.253 e. The lowest BCUT2D eigenvalue weighted by molar-refractivity contribution is 0.0709. The summed E-state index contributed by atoms with van der Waals surface area (Å²) in [4.78, 5) is 16.6.